The molecule has 1 aliphatic heterocycles. The summed E-state index contributed by atoms with van der Waals surface area (Å²) in [5.74, 6) is 0.570. The molecule has 2 rings (SSSR count). The second-order valence-electron chi connectivity index (χ2n) is 4.43. The van der Waals surface area contributed by atoms with E-state index in [2.05, 4.69) is 21.2 Å². The molecule has 0 bridgehead atoms. The fourth-order valence-electron chi connectivity index (χ4n) is 2.10. The van der Waals surface area contributed by atoms with Crippen LogP contribution in [0.4, 0.5) is 0 Å². The van der Waals surface area contributed by atoms with E-state index in [1.54, 1.807) is 24.3 Å². The predicted molar refractivity (Wildman–Crippen MR) is 71.8 cm³/mol. The molecule has 0 aromatic heterocycles. The first-order chi connectivity index (χ1) is 8.08. The average Bonchev–Trinajstić information content (AvgIpc) is 2.30. The summed E-state index contributed by atoms with van der Waals surface area (Å²) in [6.45, 7) is 1.86. The van der Waals surface area contributed by atoms with Gasteiger partial charge in [-0.15, -0.1) is 0 Å². The molecule has 0 unspecified atom stereocenters. The first kappa shape index (κ1) is 13.1. The maximum atomic E-state index is 12.2. The number of hydrogen-bond donors (Lipinski definition) is 1. The van der Waals surface area contributed by atoms with Crippen molar-refractivity contribution in [3.8, 4) is 0 Å². The van der Waals surface area contributed by atoms with Crippen molar-refractivity contribution in [1.82, 2.24) is 5.32 Å². The lowest BCUT2D eigenvalue weighted by Crippen LogP contribution is -2.31. The van der Waals surface area contributed by atoms with E-state index in [0.29, 0.717) is 10.8 Å². The summed E-state index contributed by atoms with van der Waals surface area (Å²) in [7, 11) is -3.13. The molecule has 1 N–H and O–H groups in total. The zero-order valence-electron chi connectivity index (χ0n) is 9.52. The molecule has 3 nitrogen and oxygen atoms in total. The van der Waals surface area contributed by atoms with E-state index in [9.17, 15) is 8.42 Å². The smallest absolute Gasteiger partial charge is 0.178 e. The third-order valence-electron chi connectivity index (χ3n) is 3.09. The summed E-state index contributed by atoms with van der Waals surface area (Å²) in [5.41, 5.74) is 0. The molecule has 94 valence electrons. The molecule has 1 fully saturated rings. The number of halogens is 1. The SMILES string of the molecule is O=S(=O)(CC1CCNCC1)c1ccc(Br)cc1. The molecule has 1 saturated heterocycles. The lowest BCUT2D eigenvalue weighted by Gasteiger charge is -2.22. The van der Waals surface area contributed by atoms with Crippen LogP contribution in [-0.2, 0) is 9.84 Å². The van der Waals surface area contributed by atoms with Crippen molar-refractivity contribution in [2.75, 3.05) is 18.8 Å². The topological polar surface area (TPSA) is 46.2 Å². The van der Waals surface area contributed by atoms with E-state index in [1.807, 2.05) is 0 Å². The molecule has 0 amide bonds. The summed E-state index contributed by atoms with van der Waals surface area (Å²) >= 11 is 3.31. The minimum atomic E-state index is -3.13. The first-order valence-corrected chi connectivity index (χ1v) is 8.21. The quantitative estimate of drug-likeness (QED) is 0.929. The molecule has 1 aliphatic rings. The monoisotopic (exact) mass is 317 g/mol. The highest BCUT2D eigenvalue weighted by molar-refractivity contribution is 9.10. The Morgan fingerprint density at radius 2 is 1.76 bits per heavy atom. The number of nitrogens with one attached hydrogen (secondary N) is 1. The second kappa shape index (κ2) is 5.50. The van der Waals surface area contributed by atoms with Gasteiger partial charge < -0.3 is 5.32 Å². The van der Waals surface area contributed by atoms with Gasteiger partial charge in [0, 0.05) is 4.47 Å². The highest BCUT2D eigenvalue weighted by Crippen LogP contribution is 2.21. The zero-order chi connectivity index (χ0) is 12.3. The van der Waals surface area contributed by atoms with Gasteiger partial charge in [0.25, 0.3) is 0 Å². The minimum Gasteiger partial charge on any atom is -0.317 e. The van der Waals surface area contributed by atoms with Crippen molar-refractivity contribution in [3.05, 3.63) is 28.7 Å². The van der Waals surface area contributed by atoms with Gasteiger partial charge in [-0.2, -0.15) is 0 Å². The molecule has 1 aromatic rings. The molecule has 17 heavy (non-hydrogen) atoms. The van der Waals surface area contributed by atoms with Gasteiger partial charge in [0.15, 0.2) is 9.84 Å². The highest BCUT2D eigenvalue weighted by atomic mass is 79.9. The van der Waals surface area contributed by atoms with Crippen LogP contribution in [0.2, 0.25) is 0 Å². The third-order valence-corrected chi connectivity index (χ3v) is 5.52. The van der Waals surface area contributed by atoms with Gasteiger partial charge >= 0.3 is 0 Å². The Bertz CT molecular complexity index is 464. The number of piperidine rings is 1. The van der Waals surface area contributed by atoms with E-state index in [1.165, 1.54) is 0 Å². The Hall–Kier alpha value is -0.390. The van der Waals surface area contributed by atoms with Gasteiger partial charge in [0.05, 0.1) is 10.6 Å². The van der Waals surface area contributed by atoms with Gasteiger partial charge in [0.2, 0.25) is 0 Å². The third kappa shape index (κ3) is 3.53. The Labute approximate surface area is 111 Å². The standard InChI is InChI=1S/C12H16BrNO2S/c13-11-1-3-12(4-2-11)17(15,16)9-10-5-7-14-8-6-10/h1-4,10,14H,5-9H2. The van der Waals surface area contributed by atoms with Gasteiger partial charge in [-0.3, -0.25) is 0 Å². The van der Waals surface area contributed by atoms with E-state index in [-0.39, 0.29) is 5.75 Å². The van der Waals surface area contributed by atoms with Crippen LogP contribution >= 0.6 is 15.9 Å². The van der Waals surface area contributed by atoms with Crippen molar-refractivity contribution < 1.29 is 8.42 Å². The molecule has 0 atom stereocenters. The van der Waals surface area contributed by atoms with Gasteiger partial charge in [-0.1, -0.05) is 15.9 Å². The lowest BCUT2D eigenvalue weighted by atomic mass is 10.0. The number of benzene rings is 1. The van der Waals surface area contributed by atoms with Crippen LogP contribution in [0.1, 0.15) is 12.8 Å². The van der Waals surface area contributed by atoms with Crippen molar-refractivity contribution in [2.24, 2.45) is 5.92 Å². The first-order valence-electron chi connectivity index (χ1n) is 5.77. The van der Waals surface area contributed by atoms with Crippen LogP contribution in [0.25, 0.3) is 0 Å². The van der Waals surface area contributed by atoms with E-state index < -0.39 is 9.84 Å². The van der Waals surface area contributed by atoms with Crippen molar-refractivity contribution in [1.29, 1.82) is 0 Å². The molecular formula is C12H16BrNO2S. The molecule has 1 heterocycles. The Balaban J connectivity index is 2.10. The van der Waals surface area contributed by atoms with Crippen LogP contribution in [0.15, 0.2) is 33.6 Å². The van der Waals surface area contributed by atoms with E-state index in [0.717, 1.165) is 30.4 Å². The Kier molecular flexibility index (Phi) is 4.22. The normalized spacial score (nSPS) is 18.2. The van der Waals surface area contributed by atoms with Crippen LogP contribution < -0.4 is 5.32 Å². The number of sulfone groups is 1. The molecule has 0 aliphatic carbocycles. The number of rotatable bonds is 3. The second-order valence-corrected chi connectivity index (χ2v) is 7.38. The summed E-state index contributed by atoms with van der Waals surface area (Å²) in [5, 5.41) is 3.25. The summed E-state index contributed by atoms with van der Waals surface area (Å²) in [6.07, 6.45) is 1.91. The van der Waals surface area contributed by atoms with Crippen LogP contribution in [0.5, 0.6) is 0 Å². The Morgan fingerprint density at radius 3 is 2.35 bits per heavy atom. The Morgan fingerprint density at radius 1 is 1.18 bits per heavy atom. The van der Waals surface area contributed by atoms with Crippen LogP contribution in [-0.4, -0.2) is 27.3 Å². The number of hydrogen-bond acceptors (Lipinski definition) is 3. The molecule has 0 radical (unpaired) electrons. The zero-order valence-corrected chi connectivity index (χ0v) is 11.9. The van der Waals surface area contributed by atoms with Crippen LogP contribution in [0, 0.1) is 5.92 Å². The van der Waals surface area contributed by atoms with Crippen molar-refractivity contribution in [2.45, 2.75) is 17.7 Å². The summed E-state index contributed by atoms with van der Waals surface area (Å²) in [4.78, 5) is 0.430. The van der Waals surface area contributed by atoms with Crippen LogP contribution in [0.3, 0.4) is 0 Å². The molecule has 5 heteroatoms. The largest absolute Gasteiger partial charge is 0.317 e. The fourth-order valence-corrected chi connectivity index (χ4v) is 4.06. The predicted octanol–water partition coefficient (Wildman–Crippen LogP) is 2.22. The molecule has 0 saturated carbocycles. The average molecular weight is 318 g/mol. The molecular weight excluding hydrogens is 302 g/mol. The van der Waals surface area contributed by atoms with Crippen molar-refractivity contribution >= 4 is 25.8 Å². The maximum Gasteiger partial charge on any atom is 0.178 e. The summed E-state index contributed by atoms with van der Waals surface area (Å²) in [6, 6.07) is 6.88. The van der Waals surface area contributed by atoms with Gasteiger partial charge in [0.1, 0.15) is 0 Å². The highest BCUT2D eigenvalue weighted by Gasteiger charge is 2.22. The van der Waals surface area contributed by atoms with E-state index >= 15 is 0 Å². The maximum absolute atomic E-state index is 12.2. The lowest BCUT2D eigenvalue weighted by molar-refractivity contribution is 0.401. The van der Waals surface area contributed by atoms with E-state index in [4.69, 9.17) is 0 Å². The molecule has 1 aromatic carbocycles. The van der Waals surface area contributed by atoms with Gasteiger partial charge in [-0.25, -0.2) is 8.42 Å². The van der Waals surface area contributed by atoms with Gasteiger partial charge in [-0.05, 0) is 56.1 Å². The fraction of sp³-hybridized carbons (Fsp3) is 0.500. The van der Waals surface area contributed by atoms with Crippen molar-refractivity contribution in [3.63, 3.8) is 0 Å². The summed E-state index contributed by atoms with van der Waals surface area (Å²) < 4.78 is 25.3. The molecule has 0 spiro atoms. The minimum absolute atomic E-state index is 0.274.